The summed E-state index contributed by atoms with van der Waals surface area (Å²) in [7, 11) is 1.62. The Balaban J connectivity index is 0.000000211. The van der Waals surface area contributed by atoms with E-state index in [0.29, 0.717) is 32.8 Å². The second-order valence-corrected chi connectivity index (χ2v) is 4.61. The largest absolute Gasteiger partial charge is 0.393 e. The molecule has 0 aliphatic carbocycles. The van der Waals surface area contributed by atoms with Crippen LogP contribution >= 0.6 is 0 Å². The fourth-order valence-electron chi connectivity index (χ4n) is 2.04. The van der Waals surface area contributed by atoms with Crippen LogP contribution in [0.25, 0.3) is 20.9 Å². The molecule has 0 amide bonds. The average molecular weight is 300 g/mol. The molecule has 10 heteroatoms. The molecule has 2 fully saturated rings. The lowest BCUT2D eigenvalue weighted by Gasteiger charge is -2.26. The van der Waals surface area contributed by atoms with Crippen molar-refractivity contribution in [1.29, 1.82) is 0 Å². The fourth-order valence-corrected chi connectivity index (χ4v) is 2.04. The van der Waals surface area contributed by atoms with Crippen LogP contribution in [-0.2, 0) is 14.2 Å². The van der Waals surface area contributed by atoms with E-state index in [-0.39, 0.29) is 12.1 Å². The van der Waals surface area contributed by atoms with Crippen molar-refractivity contribution in [3.8, 4) is 0 Å². The zero-order valence-corrected chi connectivity index (χ0v) is 11.9. The van der Waals surface area contributed by atoms with Crippen LogP contribution in [0.2, 0.25) is 0 Å². The lowest BCUT2D eigenvalue weighted by Crippen LogP contribution is -2.36. The van der Waals surface area contributed by atoms with Crippen molar-refractivity contribution in [2.24, 2.45) is 10.2 Å². The van der Waals surface area contributed by atoms with Crippen molar-refractivity contribution in [3.63, 3.8) is 0 Å². The fraction of sp³-hybridized carbons (Fsp3) is 1.00. The monoisotopic (exact) mass is 300 g/mol. The van der Waals surface area contributed by atoms with Gasteiger partial charge in [0.25, 0.3) is 0 Å². The molecule has 0 aromatic rings. The van der Waals surface area contributed by atoms with Gasteiger partial charge in [0.05, 0.1) is 37.5 Å². The first-order valence-electron chi connectivity index (χ1n) is 6.67. The maximum atomic E-state index is 9.16. The van der Waals surface area contributed by atoms with E-state index in [2.05, 4.69) is 20.1 Å². The van der Waals surface area contributed by atoms with Gasteiger partial charge in [0.15, 0.2) is 0 Å². The highest BCUT2D eigenvalue weighted by Gasteiger charge is 2.24. The normalized spacial score (nSPS) is 31.9. The predicted octanol–water partition coefficient (Wildman–Crippen LogP) is 1.55. The van der Waals surface area contributed by atoms with Gasteiger partial charge in [0.1, 0.15) is 0 Å². The first kappa shape index (κ1) is 17.5. The van der Waals surface area contributed by atoms with Crippen LogP contribution in [0, 0.1) is 0 Å². The van der Waals surface area contributed by atoms with Gasteiger partial charge in [-0.25, -0.2) is 0 Å². The van der Waals surface area contributed by atoms with Gasteiger partial charge in [0.2, 0.25) is 0 Å². The van der Waals surface area contributed by atoms with Gasteiger partial charge in [-0.1, -0.05) is 10.2 Å². The van der Waals surface area contributed by atoms with Crippen LogP contribution in [-0.4, -0.2) is 62.9 Å². The third-order valence-electron chi connectivity index (χ3n) is 3.26. The molecular weight excluding hydrogens is 280 g/mol. The van der Waals surface area contributed by atoms with Gasteiger partial charge in [-0.15, -0.1) is 0 Å². The quantitative estimate of drug-likeness (QED) is 0.478. The minimum atomic E-state index is -0.523. The van der Waals surface area contributed by atoms with Crippen molar-refractivity contribution in [2.45, 2.75) is 37.1 Å². The lowest BCUT2D eigenvalue weighted by atomic mass is 10.1. The lowest BCUT2D eigenvalue weighted by molar-refractivity contribution is -0.0256. The molecule has 2 aliphatic rings. The first-order chi connectivity index (χ1) is 10.2. The molecule has 2 saturated heterocycles. The highest BCUT2D eigenvalue weighted by molar-refractivity contribution is 4.80. The molecule has 0 unspecified atom stereocenters. The molecule has 118 valence electrons. The van der Waals surface area contributed by atoms with Crippen LogP contribution in [0.4, 0.5) is 0 Å². The smallest absolute Gasteiger partial charge is 0.0870 e. The van der Waals surface area contributed by atoms with E-state index in [9.17, 15) is 0 Å². The Morgan fingerprint density at radius 1 is 1.05 bits per heavy atom. The van der Waals surface area contributed by atoms with Crippen molar-refractivity contribution < 1.29 is 19.3 Å². The second kappa shape index (κ2) is 10.2. The van der Waals surface area contributed by atoms with Crippen molar-refractivity contribution in [2.75, 3.05) is 33.5 Å². The van der Waals surface area contributed by atoms with Crippen LogP contribution in [0.5, 0.6) is 0 Å². The summed E-state index contributed by atoms with van der Waals surface area (Å²) in [5.74, 6) is 0. The Labute approximate surface area is 122 Å². The number of rotatable bonds is 3. The van der Waals surface area contributed by atoms with Crippen molar-refractivity contribution >= 4 is 0 Å². The number of aliphatic hydroxyl groups excluding tert-OH is 1. The third-order valence-corrected chi connectivity index (χ3v) is 3.26. The molecule has 1 N–H and O–H groups in total. The molecule has 0 aromatic carbocycles. The minimum absolute atomic E-state index is 0.0275. The summed E-state index contributed by atoms with van der Waals surface area (Å²) in [4.78, 5) is 5.32. The molecule has 2 heterocycles. The Hall–Kier alpha value is -1.54. The number of nitrogens with zero attached hydrogens (tertiary/aromatic N) is 6. The van der Waals surface area contributed by atoms with E-state index < -0.39 is 12.1 Å². The SMILES string of the molecule is CO[C@@H]1CCOC[C@H]1N=[N+]=[N-].[N-]=[N+]=N[C@@H]1COCC[C@H]1O. The predicted molar refractivity (Wildman–Crippen MR) is 73.5 cm³/mol. The van der Waals surface area contributed by atoms with Gasteiger partial charge < -0.3 is 19.3 Å². The van der Waals surface area contributed by atoms with Crippen LogP contribution in [0.1, 0.15) is 12.8 Å². The number of ether oxygens (including phenoxy) is 3. The number of hydrogen-bond donors (Lipinski definition) is 1. The molecule has 10 nitrogen and oxygen atoms in total. The Bertz CT molecular complexity index is 396. The molecule has 0 bridgehead atoms. The Morgan fingerprint density at radius 3 is 2.19 bits per heavy atom. The van der Waals surface area contributed by atoms with E-state index in [4.69, 9.17) is 30.4 Å². The summed E-state index contributed by atoms with van der Waals surface area (Å²) in [5.41, 5.74) is 16.2. The summed E-state index contributed by atoms with van der Waals surface area (Å²) < 4.78 is 15.2. The van der Waals surface area contributed by atoms with Crippen LogP contribution in [0.15, 0.2) is 10.2 Å². The van der Waals surface area contributed by atoms with Gasteiger partial charge in [-0.3, -0.25) is 0 Å². The topological polar surface area (TPSA) is 145 Å². The van der Waals surface area contributed by atoms with E-state index in [1.165, 1.54) is 0 Å². The maximum absolute atomic E-state index is 9.16. The van der Waals surface area contributed by atoms with E-state index in [1.54, 1.807) is 7.11 Å². The molecule has 0 saturated carbocycles. The van der Waals surface area contributed by atoms with E-state index in [1.807, 2.05) is 0 Å². The first-order valence-corrected chi connectivity index (χ1v) is 6.67. The number of azide groups is 2. The summed E-state index contributed by atoms with van der Waals surface area (Å²) in [6.07, 6.45) is 0.869. The van der Waals surface area contributed by atoms with Gasteiger partial charge in [-0.05, 0) is 23.9 Å². The molecule has 0 spiro atoms. The highest BCUT2D eigenvalue weighted by atomic mass is 16.5. The molecular formula is C11H20N6O4. The summed E-state index contributed by atoms with van der Waals surface area (Å²) >= 11 is 0. The zero-order chi connectivity index (χ0) is 15.5. The summed E-state index contributed by atoms with van der Waals surface area (Å²) in [6, 6.07) is -0.544. The number of hydrogen-bond acceptors (Lipinski definition) is 6. The molecule has 0 radical (unpaired) electrons. The minimum Gasteiger partial charge on any atom is -0.393 e. The number of methoxy groups -OCH3 is 1. The molecule has 21 heavy (non-hydrogen) atoms. The van der Waals surface area contributed by atoms with Gasteiger partial charge in [-0.2, -0.15) is 0 Å². The van der Waals surface area contributed by atoms with E-state index >= 15 is 0 Å². The molecule has 2 rings (SSSR count). The second-order valence-electron chi connectivity index (χ2n) is 4.61. The zero-order valence-electron chi connectivity index (χ0n) is 11.9. The summed E-state index contributed by atoms with van der Waals surface area (Å²) in [6.45, 7) is 2.06. The molecule has 4 atom stereocenters. The van der Waals surface area contributed by atoms with Crippen LogP contribution in [0.3, 0.4) is 0 Å². The molecule has 0 aromatic heterocycles. The maximum Gasteiger partial charge on any atom is 0.0870 e. The molecule has 2 aliphatic heterocycles. The Morgan fingerprint density at radius 2 is 1.62 bits per heavy atom. The van der Waals surface area contributed by atoms with E-state index in [0.717, 1.165) is 6.42 Å². The highest BCUT2D eigenvalue weighted by Crippen LogP contribution is 2.13. The van der Waals surface area contributed by atoms with Crippen molar-refractivity contribution in [3.05, 3.63) is 20.9 Å². The Kier molecular flexibility index (Phi) is 8.53. The third kappa shape index (κ3) is 6.17. The summed E-state index contributed by atoms with van der Waals surface area (Å²) in [5, 5.41) is 16.1. The van der Waals surface area contributed by atoms with Gasteiger partial charge in [0, 0.05) is 30.1 Å². The average Bonchev–Trinajstić information content (AvgIpc) is 2.51. The number of aliphatic hydroxyl groups is 1. The standard InChI is InChI=1S/C6H11N3O2.C5H9N3O2/c1-10-6-2-3-11-4-5(6)8-9-7;6-8-7-4-3-10-2-1-5(4)9/h5-6H,2-4H2,1H3;4-5,9H,1-3H2/t5-,6-;4-,5-/m11/s1. The van der Waals surface area contributed by atoms with Crippen molar-refractivity contribution in [1.82, 2.24) is 0 Å². The van der Waals surface area contributed by atoms with Crippen LogP contribution < -0.4 is 0 Å². The van der Waals surface area contributed by atoms with Gasteiger partial charge >= 0.3 is 0 Å².